The largest absolute Gasteiger partial charge is 0.346 e. The third kappa shape index (κ3) is 3.99. The van der Waals surface area contributed by atoms with Gasteiger partial charge in [-0.25, -0.2) is 4.98 Å². The van der Waals surface area contributed by atoms with Gasteiger partial charge in [-0.15, -0.1) is 0 Å². The Kier molecular flexibility index (Phi) is 5.16. The van der Waals surface area contributed by atoms with Gasteiger partial charge in [0.05, 0.1) is 0 Å². The number of carbonyl (C=O) groups excluding carboxylic acids is 2. The Morgan fingerprint density at radius 3 is 2.73 bits per heavy atom. The minimum absolute atomic E-state index is 0.0299. The maximum Gasteiger partial charge on any atom is 0.254 e. The first-order valence-corrected chi connectivity index (χ1v) is 10.2. The zero-order chi connectivity index (χ0) is 21.3. The molecule has 0 aliphatic carbocycles. The van der Waals surface area contributed by atoms with Crippen LogP contribution in [0.5, 0.6) is 0 Å². The molecule has 6 heteroatoms. The summed E-state index contributed by atoms with van der Waals surface area (Å²) in [4.78, 5) is 34.6. The predicted octanol–water partition coefficient (Wildman–Crippen LogP) is 4.48. The Hall–Kier alpha value is -3.41. The Labute approximate surface area is 176 Å². The molecule has 2 N–H and O–H groups in total. The Bertz CT molecular complexity index is 1140. The minimum atomic E-state index is -0.494. The third-order valence-electron chi connectivity index (χ3n) is 5.34. The topological polar surface area (TPSA) is 78.1 Å². The van der Waals surface area contributed by atoms with Gasteiger partial charge in [0.1, 0.15) is 5.65 Å². The van der Waals surface area contributed by atoms with Crippen LogP contribution in [0.2, 0.25) is 0 Å². The number of aromatic nitrogens is 2. The fourth-order valence-corrected chi connectivity index (χ4v) is 3.55. The highest BCUT2D eigenvalue weighted by atomic mass is 16.2. The van der Waals surface area contributed by atoms with E-state index in [0.717, 1.165) is 23.0 Å². The Morgan fingerprint density at radius 2 is 2.00 bits per heavy atom. The Balaban J connectivity index is 1.48. The second-order valence-electron chi connectivity index (χ2n) is 8.62. The summed E-state index contributed by atoms with van der Waals surface area (Å²) < 4.78 is 0. The zero-order valence-electron chi connectivity index (χ0n) is 17.5. The number of pyridine rings is 1. The molecule has 0 unspecified atom stereocenters. The molecule has 0 fully saturated rings. The molecule has 0 bridgehead atoms. The van der Waals surface area contributed by atoms with Crippen LogP contribution < -0.4 is 5.32 Å². The van der Waals surface area contributed by atoms with Crippen LogP contribution >= 0.6 is 0 Å². The molecule has 0 saturated carbocycles. The maximum absolute atomic E-state index is 13.0. The molecular weight excluding hydrogens is 376 g/mol. The number of nitrogens with zero attached hydrogens (tertiary/aromatic N) is 2. The van der Waals surface area contributed by atoms with Gasteiger partial charge in [0.2, 0.25) is 5.91 Å². The lowest BCUT2D eigenvalue weighted by molar-refractivity contribution is -0.123. The number of aromatic amines is 1. The van der Waals surface area contributed by atoms with E-state index in [1.54, 1.807) is 30.5 Å². The molecule has 154 valence electrons. The number of hydrogen-bond acceptors (Lipinski definition) is 3. The van der Waals surface area contributed by atoms with Gasteiger partial charge in [0, 0.05) is 53.1 Å². The van der Waals surface area contributed by atoms with E-state index in [1.807, 2.05) is 37.9 Å². The van der Waals surface area contributed by atoms with E-state index in [9.17, 15) is 9.59 Å². The molecule has 6 nitrogen and oxygen atoms in total. The number of anilines is 1. The number of rotatable bonds is 3. The average molecular weight is 402 g/mol. The third-order valence-corrected chi connectivity index (χ3v) is 5.34. The van der Waals surface area contributed by atoms with E-state index >= 15 is 0 Å². The summed E-state index contributed by atoms with van der Waals surface area (Å²) in [6, 6.07) is 11.1. The number of fused-ring (bicyclic) bond motifs is 1. The van der Waals surface area contributed by atoms with E-state index in [0.29, 0.717) is 24.3 Å². The van der Waals surface area contributed by atoms with E-state index in [2.05, 4.69) is 27.4 Å². The molecule has 2 amide bonds. The highest BCUT2D eigenvalue weighted by Gasteiger charge is 2.23. The lowest BCUT2D eigenvalue weighted by Gasteiger charge is -2.27. The van der Waals surface area contributed by atoms with Crippen LogP contribution in [0, 0.1) is 5.41 Å². The van der Waals surface area contributed by atoms with Crippen molar-refractivity contribution >= 4 is 34.1 Å². The van der Waals surface area contributed by atoms with Gasteiger partial charge < -0.3 is 15.2 Å². The van der Waals surface area contributed by atoms with Gasteiger partial charge in [-0.1, -0.05) is 32.9 Å². The van der Waals surface area contributed by atoms with Crippen molar-refractivity contribution < 1.29 is 9.59 Å². The fourth-order valence-electron chi connectivity index (χ4n) is 3.55. The minimum Gasteiger partial charge on any atom is -0.346 e. The number of amides is 2. The second kappa shape index (κ2) is 7.78. The first-order chi connectivity index (χ1) is 14.3. The summed E-state index contributed by atoms with van der Waals surface area (Å²) in [5, 5.41) is 3.99. The van der Waals surface area contributed by atoms with Gasteiger partial charge in [-0.05, 0) is 42.3 Å². The van der Waals surface area contributed by atoms with E-state index in [1.165, 1.54) is 5.57 Å². The summed E-state index contributed by atoms with van der Waals surface area (Å²) in [6.45, 7) is 6.78. The molecule has 0 spiro atoms. The van der Waals surface area contributed by atoms with Crippen LogP contribution in [0.1, 0.15) is 43.1 Å². The van der Waals surface area contributed by atoms with Gasteiger partial charge in [-0.3, -0.25) is 9.59 Å². The van der Waals surface area contributed by atoms with Crippen molar-refractivity contribution in [1.82, 2.24) is 14.9 Å². The first-order valence-electron chi connectivity index (χ1n) is 10.2. The maximum atomic E-state index is 13.0. The van der Waals surface area contributed by atoms with Gasteiger partial charge in [0.25, 0.3) is 5.91 Å². The van der Waals surface area contributed by atoms with E-state index in [4.69, 9.17) is 0 Å². The van der Waals surface area contributed by atoms with E-state index in [-0.39, 0.29) is 11.8 Å². The zero-order valence-corrected chi connectivity index (χ0v) is 17.5. The summed E-state index contributed by atoms with van der Waals surface area (Å²) in [7, 11) is 0. The summed E-state index contributed by atoms with van der Waals surface area (Å²) in [5.41, 5.74) is 3.98. The normalized spacial score (nSPS) is 14.5. The highest BCUT2D eigenvalue weighted by molar-refractivity contribution is 5.99. The fraction of sp³-hybridized carbons (Fsp3) is 0.292. The number of H-pyrrole nitrogens is 1. The SMILES string of the molecule is CC(C)(C)C(=O)Nc1cccc(C(=O)N2CC=C(c3c[nH]c4ncccc34)CC2)c1. The molecule has 2 aromatic heterocycles. The van der Waals surface area contributed by atoms with Crippen molar-refractivity contribution in [1.29, 1.82) is 0 Å². The van der Waals surface area contributed by atoms with Gasteiger partial charge >= 0.3 is 0 Å². The molecule has 1 aliphatic rings. The molecule has 3 heterocycles. The van der Waals surface area contributed by atoms with Gasteiger partial charge in [-0.2, -0.15) is 0 Å². The highest BCUT2D eigenvalue weighted by Crippen LogP contribution is 2.29. The molecule has 3 aromatic rings. The second-order valence-corrected chi connectivity index (χ2v) is 8.62. The van der Waals surface area contributed by atoms with Crippen LogP contribution in [-0.4, -0.2) is 39.8 Å². The average Bonchev–Trinajstić information content (AvgIpc) is 3.17. The molecule has 0 saturated heterocycles. The van der Waals surface area contributed by atoms with Crippen LogP contribution in [0.15, 0.2) is 54.9 Å². The molecule has 1 aliphatic heterocycles. The smallest absolute Gasteiger partial charge is 0.254 e. The van der Waals surface area contributed by atoms with Crippen LogP contribution in [-0.2, 0) is 4.79 Å². The molecule has 30 heavy (non-hydrogen) atoms. The van der Waals surface area contributed by atoms with Crippen molar-refractivity contribution in [2.45, 2.75) is 27.2 Å². The lowest BCUT2D eigenvalue weighted by atomic mass is 9.95. The van der Waals surface area contributed by atoms with Crippen LogP contribution in [0.4, 0.5) is 5.69 Å². The van der Waals surface area contributed by atoms with Crippen LogP contribution in [0.25, 0.3) is 16.6 Å². The molecule has 0 radical (unpaired) electrons. The monoisotopic (exact) mass is 402 g/mol. The summed E-state index contributed by atoms with van der Waals surface area (Å²) in [6.07, 6.45) is 6.66. The van der Waals surface area contributed by atoms with Crippen molar-refractivity contribution in [2.75, 3.05) is 18.4 Å². The predicted molar refractivity (Wildman–Crippen MR) is 119 cm³/mol. The number of hydrogen-bond donors (Lipinski definition) is 2. The number of nitrogens with one attached hydrogen (secondary N) is 2. The van der Waals surface area contributed by atoms with Crippen molar-refractivity contribution in [3.05, 3.63) is 66.0 Å². The summed E-state index contributed by atoms with van der Waals surface area (Å²) in [5.74, 6) is -0.108. The molecular formula is C24H26N4O2. The Morgan fingerprint density at radius 1 is 1.17 bits per heavy atom. The standard InChI is InChI=1S/C24H26N4O2/c1-24(2,3)23(30)27-18-7-4-6-17(14-18)22(29)28-12-9-16(10-13-28)20-15-26-21-19(20)8-5-11-25-21/h4-9,11,14-15H,10,12-13H2,1-3H3,(H,25,26)(H,27,30). The van der Waals surface area contributed by atoms with Crippen molar-refractivity contribution in [2.24, 2.45) is 5.41 Å². The van der Waals surface area contributed by atoms with Crippen LogP contribution in [0.3, 0.4) is 0 Å². The molecule has 1 aromatic carbocycles. The number of carbonyl (C=O) groups is 2. The van der Waals surface area contributed by atoms with Gasteiger partial charge in [0.15, 0.2) is 0 Å². The quantitative estimate of drug-likeness (QED) is 0.678. The summed E-state index contributed by atoms with van der Waals surface area (Å²) >= 11 is 0. The lowest BCUT2D eigenvalue weighted by Crippen LogP contribution is -2.34. The van der Waals surface area contributed by atoms with Crippen molar-refractivity contribution in [3.63, 3.8) is 0 Å². The number of benzene rings is 1. The molecule has 0 atom stereocenters. The molecule has 4 rings (SSSR count). The first kappa shape index (κ1) is 19.9. The van der Waals surface area contributed by atoms with E-state index < -0.39 is 5.41 Å². The van der Waals surface area contributed by atoms with Crippen molar-refractivity contribution in [3.8, 4) is 0 Å².